The monoisotopic (exact) mass is 380 g/mol. The van der Waals surface area contributed by atoms with Crippen molar-refractivity contribution in [2.24, 2.45) is 0 Å². The van der Waals surface area contributed by atoms with Crippen molar-refractivity contribution in [1.29, 1.82) is 0 Å². The molecule has 0 N–H and O–H groups in total. The van der Waals surface area contributed by atoms with E-state index < -0.39 is 0 Å². The zero-order valence-electron chi connectivity index (χ0n) is 16.5. The van der Waals surface area contributed by atoms with Crippen LogP contribution in [0.25, 0.3) is 0 Å². The highest BCUT2D eigenvalue weighted by molar-refractivity contribution is 5.94. The highest BCUT2D eigenvalue weighted by atomic mass is 16.5. The van der Waals surface area contributed by atoms with Crippen molar-refractivity contribution in [2.45, 2.75) is 19.3 Å². The Hall–Kier alpha value is -2.76. The van der Waals surface area contributed by atoms with Crippen molar-refractivity contribution in [3.63, 3.8) is 0 Å². The van der Waals surface area contributed by atoms with Gasteiger partial charge in [0.1, 0.15) is 11.6 Å². The number of anilines is 2. The first kappa shape index (κ1) is 18.6. The summed E-state index contributed by atoms with van der Waals surface area (Å²) in [6.45, 7) is 5.35. The standard InChI is InChI=1S/C22H28N4O2/c1-28-20-8-4-3-7-19(20)24-13-15-25(16-14-24)21-10-9-18(17-23-21)22(27)26-11-5-2-6-12-26/h3-4,7-10,17H,2,5-6,11-16H2,1H3. The smallest absolute Gasteiger partial charge is 0.255 e. The fourth-order valence-electron chi connectivity index (χ4n) is 4.05. The van der Waals surface area contributed by atoms with Crippen LogP contribution in [0.2, 0.25) is 0 Å². The van der Waals surface area contributed by atoms with Crippen LogP contribution in [-0.2, 0) is 0 Å². The van der Waals surface area contributed by atoms with Crippen LogP contribution >= 0.6 is 0 Å². The molecular formula is C22H28N4O2. The molecule has 2 saturated heterocycles. The summed E-state index contributed by atoms with van der Waals surface area (Å²) in [5.41, 5.74) is 1.83. The van der Waals surface area contributed by atoms with Gasteiger partial charge < -0.3 is 19.4 Å². The van der Waals surface area contributed by atoms with Gasteiger partial charge in [0.25, 0.3) is 5.91 Å². The van der Waals surface area contributed by atoms with Gasteiger partial charge in [-0.15, -0.1) is 0 Å². The lowest BCUT2D eigenvalue weighted by Gasteiger charge is -2.37. The van der Waals surface area contributed by atoms with Crippen LogP contribution in [0.4, 0.5) is 11.5 Å². The summed E-state index contributed by atoms with van der Waals surface area (Å²) in [6.07, 6.45) is 5.17. The largest absolute Gasteiger partial charge is 0.495 e. The number of aromatic nitrogens is 1. The van der Waals surface area contributed by atoms with E-state index in [0.717, 1.165) is 69.4 Å². The van der Waals surface area contributed by atoms with Crippen molar-refractivity contribution in [2.75, 3.05) is 56.2 Å². The maximum Gasteiger partial charge on any atom is 0.255 e. The quantitative estimate of drug-likeness (QED) is 0.816. The van der Waals surface area contributed by atoms with Crippen LogP contribution in [0, 0.1) is 0 Å². The highest BCUT2D eigenvalue weighted by Gasteiger charge is 2.22. The van der Waals surface area contributed by atoms with Crippen molar-refractivity contribution in [3.8, 4) is 5.75 Å². The lowest BCUT2D eigenvalue weighted by Crippen LogP contribution is -2.47. The minimum atomic E-state index is 0.111. The van der Waals surface area contributed by atoms with Crippen molar-refractivity contribution < 1.29 is 9.53 Å². The van der Waals surface area contributed by atoms with Gasteiger partial charge in [0.15, 0.2) is 0 Å². The number of methoxy groups -OCH3 is 1. The van der Waals surface area contributed by atoms with Crippen molar-refractivity contribution in [1.82, 2.24) is 9.88 Å². The SMILES string of the molecule is COc1ccccc1N1CCN(c2ccc(C(=O)N3CCCCC3)cn2)CC1. The molecule has 0 saturated carbocycles. The van der Waals surface area contributed by atoms with Gasteiger partial charge in [-0.1, -0.05) is 12.1 Å². The minimum Gasteiger partial charge on any atom is -0.495 e. The first-order valence-corrected chi connectivity index (χ1v) is 10.1. The highest BCUT2D eigenvalue weighted by Crippen LogP contribution is 2.29. The third-order valence-corrected chi connectivity index (χ3v) is 5.67. The van der Waals surface area contributed by atoms with Gasteiger partial charge in [-0.05, 0) is 43.5 Å². The van der Waals surface area contributed by atoms with E-state index in [0.29, 0.717) is 5.56 Å². The molecule has 2 aromatic rings. The number of piperazine rings is 1. The van der Waals surface area contributed by atoms with E-state index in [1.165, 1.54) is 6.42 Å². The molecule has 1 aromatic carbocycles. The number of carbonyl (C=O) groups excluding carboxylic acids is 1. The molecule has 2 aliphatic rings. The average molecular weight is 380 g/mol. The molecule has 1 amide bonds. The molecular weight excluding hydrogens is 352 g/mol. The van der Waals surface area contributed by atoms with E-state index in [4.69, 9.17) is 4.74 Å². The van der Waals surface area contributed by atoms with E-state index in [-0.39, 0.29) is 5.91 Å². The predicted octanol–water partition coefficient (Wildman–Crippen LogP) is 3.04. The number of nitrogens with zero attached hydrogens (tertiary/aromatic N) is 4. The Morgan fingerprint density at radius 3 is 2.29 bits per heavy atom. The van der Waals surface area contributed by atoms with Crippen LogP contribution in [-0.4, -0.2) is 62.2 Å². The zero-order chi connectivity index (χ0) is 19.3. The molecule has 1 aromatic heterocycles. The lowest BCUT2D eigenvalue weighted by molar-refractivity contribution is 0.0724. The zero-order valence-corrected chi connectivity index (χ0v) is 16.5. The molecule has 2 aliphatic heterocycles. The average Bonchev–Trinajstić information content (AvgIpc) is 2.79. The van der Waals surface area contributed by atoms with Crippen molar-refractivity contribution >= 4 is 17.4 Å². The predicted molar refractivity (Wildman–Crippen MR) is 111 cm³/mol. The molecule has 2 fully saturated rings. The summed E-state index contributed by atoms with van der Waals surface area (Å²) < 4.78 is 5.49. The van der Waals surface area contributed by atoms with Gasteiger partial charge in [-0.2, -0.15) is 0 Å². The molecule has 0 spiro atoms. The number of likely N-dealkylation sites (tertiary alicyclic amines) is 1. The third kappa shape index (κ3) is 3.91. The number of hydrogen-bond donors (Lipinski definition) is 0. The number of pyridine rings is 1. The fraction of sp³-hybridized carbons (Fsp3) is 0.455. The van der Waals surface area contributed by atoms with Gasteiger partial charge in [-0.25, -0.2) is 4.98 Å². The number of piperidine rings is 1. The van der Waals surface area contributed by atoms with E-state index in [2.05, 4.69) is 20.9 Å². The van der Waals surface area contributed by atoms with Gasteiger partial charge in [0.2, 0.25) is 0 Å². The molecule has 0 unspecified atom stereocenters. The molecule has 0 aliphatic carbocycles. The maximum atomic E-state index is 12.6. The molecule has 6 heteroatoms. The summed E-state index contributed by atoms with van der Waals surface area (Å²) in [5, 5.41) is 0. The second-order valence-corrected chi connectivity index (χ2v) is 7.40. The molecule has 3 heterocycles. The fourth-order valence-corrected chi connectivity index (χ4v) is 4.05. The Morgan fingerprint density at radius 2 is 1.61 bits per heavy atom. The molecule has 28 heavy (non-hydrogen) atoms. The Balaban J connectivity index is 1.37. The van der Waals surface area contributed by atoms with E-state index in [1.54, 1.807) is 13.3 Å². The lowest BCUT2D eigenvalue weighted by atomic mass is 10.1. The molecule has 0 bridgehead atoms. The van der Waals surface area contributed by atoms with E-state index >= 15 is 0 Å². The Labute approximate surface area is 166 Å². The van der Waals surface area contributed by atoms with Crippen LogP contribution < -0.4 is 14.5 Å². The van der Waals surface area contributed by atoms with Gasteiger partial charge in [0, 0.05) is 45.5 Å². The van der Waals surface area contributed by atoms with Crippen LogP contribution in [0.3, 0.4) is 0 Å². The number of carbonyl (C=O) groups is 1. The number of amides is 1. The number of benzene rings is 1. The van der Waals surface area contributed by atoms with E-state index in [1.807, 2.05) is 35.2 Å². The number of hydrogen-bond acceptors (Lipinski definition) is 5. The van der Waals surface area contributed by atoms with Crippen LogP contribution in [0.5, 0.6) is 5.75 Å². The summed E-state index contributed by atoms with van der Waals surface area (Å²) in [5.74, 6) is 1.96. The molecule has 4 rings (SSSR count). The number of ether oxygens (including phenoxy) is 1. The van der Waals surface area contributed by atoms with Gasteiger partial charge >= 0.3 is 0 Å². The number of para-hydroxylation sites is 2. The molecule has 6 nitrogen and oxygen atoms in total. The summed E-state index contributed by atoms with van der Waals surface area (Å²) >= 11 is 0. The third-order valence-electron chi connectivity index (χ3n) is 5.67. The summed E-state index contributed by atoms with van der Waals surface area (Å²) in [4.78, 5) is 23.8. The van der Waals surface area contributed by atoms with Gasteiger partial charge in [-0.3, -0.25) is 4.79 Å². The van der Waals surface area contributed by atoms with E-state index in [9.17, 15) is 4.79 Å². The Kier molecular flexibility index (Phi) is 5.65. The topological polar surface area (TPSA) is 48.9 Å². The molecule has 0 radical (unpaired) electrons. The normalized spacial score (nSPS) is 17.5. The first-order valence-electron chi connectivity index (χ1n) is 10.1. The van der Waals surface area contributed by atoms with Gasteiger partial charge in [0.05, 0.1) is 18.4 Å². The van der Waals surface area contributed by atoms with Crippen LogP contribution in [0.15, 0.2) is 42.6 Å². The van der Waals surface area contributed by atoms with Crippen LogP contribution in [0.1, 0.15) is 29.6 Å². The molecule has 148 valence electrons. The maximum absolute atomic E-state index is 12.6. The Morgan fingerprint density at radius 1 is 0.893 bits per heavy atom. The summed E-state index contributed by atoms with van der Waals surface area (Å²) in [7, 11) is 1.71. The van der Waals surface area contributed by atoms with Crippen molar-refractivity contribution in [3.05, 3.63) is 48.2 Å². The molecule has 0 atom stereocenters. The minimum absolute atomic E-state index is 0.111. The second-order valence-electron chi connectivity index (χ2n) is 7.40. The first-order chi connectivity index (χ1) is 13.8. The number of rotatable bonds is 4. The summed E-state index contributed by atoms with van der Waals surface area (Å²) in [6, 6.07) is 12.1. The second kappa shape index (κ2) is 8.50. The Bertz CT molecular complexity index is 794.